The first kappa shape index (κ1) is 16.2. The zero-order chi connectivity index (χ0) is 16.7. The van der Waals surface area contributed by atoms with Crippen LogP contribution in [0, 0.1) is 5.92 Å². The van der Waals surface area contributed by atoms with Gasteiger partial charge in [0.1, 0.15) is 12.4 Å². The highest BCUT2D eigenvalue weighted by Crippen LogP contribution is 2.56. The van der Waals surface area contributed by atoms with E-state index in [-0.39, 0.29) is 6.67 Å². The summed E-state index contributed by atoms with van der Waals surface area (Å²) in [5.41, 5.74) is 4.26. The summed E-state index contributed by atoms with van der Waals surface area (Å²) in [7, 11) is 4.01. The topological polar surface area (TPSA) is 24.5 Å². The van der Waals surface area contributed by atoms with Crippen LogP contribution in [0.4, 0.5) is 10.1 Å². The molecule has 0 aromatic heterocycles. The molecule has 132 valence electrons. The molecule has 0 spiro atoms. The van der Waals surface area contributed by atoms with Crippen molar-refractivity contribution in [3.8, 4) is 5.75 Å². The highest BCUT2D eigenvalue weighted by Gasteiger charge is 2.53. The van der Waals surface area contributed by atoms with Crippen LogP contribution < -0.4 is 10.1 Å². The number of halogens is 1. The van der Waals surface area contributed by atoms with E-state index in [2.05, 4.69) is 29.4 Å². The fraction of sp³-hybridized carbons (Fsp3) is 0.700. The van der Waals surface area contributed by atoms with E-state index in [1.165, 1.54) is 49.8 Å². The Morgan fingerprint density at radius 2 is 2.21 bits per heavy atom. The van der Waals surface area contributed by atoms with Gasteiger partial charge < -0.3 is 15.0 Å². The normalized spacial score (nSPS) is 32.0. The smallest absolute Gasteiger partial charge is 0.142 e. The number of nitrogens with zero attached hydrogens (tertiary/aromatic N) is 1. The van der Waals surface area contributed by atoms with Gasteiger partial charge in [0.15, 0.2) is 0 Å². The van der Waals surface area contributed by atoms with Crippen LogP contribution >= 0.6 is 0 Å². The van der Waals surface area contributed by atoms with Crippen molar-refractivity contribution in [3.05, 3.63) is 23.3 Å². The molecule has 3 aliphatic rings. The molecular weight excluding hydrogens is 303 g/mol. The summed E-state index contributed by atoms with van der Waals surface area (Å²) in [4.78, 5) is 2.58. The Morgan fingerprint density at radius 1 is 1.33 bits per heavy atom. The Bertz CT molecular complexity index is 620. The number of likely N-dealkylation sites (tertiary alicyclic amines) is 1. The van der Waals surface area contributed by atoms with Crippen molar-refractivity contribution in [2.75, 3.05) is 39.2 Å². The Morgan fingerprint density at radius 3 is 3.00 bits per heavy atom. The van der Waals surface area contributed by atoms with Crippen molar-refractivity contribution in [3.63, 3.8) is 0 Å². The summed E-state index contributed by atoms with van der Waals surface area (Å²) in [5.74, 6) is 1.66. The number of hydrogen-bond donors (Lipinski definition) is 1. The Hall–Kier alpha value is -1.29. The summed E-state index contributed by atoms with van der Waals surface area (Å²) < 4.78 is 18.3. The third-order valence-corrected chi connectivity index (χ3v) is 6.84. The van der Waals surface area contributed by atoms with Gasteiger partial charge in [-0.1, -0.05) is 12.8 Å². The van der Waals surface area contributed by atoms with Crippen LogP contribution in [-0.4, -0.2) is 44.9 Å². The minimum absolute atomic E-state index is 0.340. The quantitative estimate of drug-likeness (QED) is 0.908. The van der Waals surface area contributed by atoms with Crippen LogP contribution in [0.15, 0.2) is 12.1 Å². The number of hydrogen-bond acceptors (Lipinski definition) is 3. The van der Waals surface area contributed by atoms with Gasteiger partial charge in [-0.25, -0.2) is 4.39 Å². The number of anilines is 1. The van der Waals surface area contributed by atoms with Gasteiger partial charge >= 0.3 is 0 Å². The van der Waals surface area contributed by atoms with Crippen molar-refractivity contribution in [1.29, 1.82) is 0 Å². The van der Waals surface area contributed by atoms with Crippen molar-refractivity contribution in [2.24, 2.45) is 5.92 Å². The third kappa shape index (κ3) is 2.33. The minimum atomic E-state index is -0.363. The van der Waals surface area contributed by atoms with Gasteiger partial charge in [0.2, 0.25) is 0 Å². The largest absolute Gasteiger partial charge is 0.495 e. The van der Waals surface area contributed by atoms with Crippen LogP contribution in [0.1, 0.15) is 43.2 Å². The molecule has 1 N–H and O–H groups in total. The number of rotatable bonds is 4. The average molecular weight is 332 g/mol. The molecule has 0 unspecified atom stereocenters. The number of benzene rings is 1. The van der Waals surface area contributed by atoms with Gasteiger partial charge in [-0.15, -0.1) is 0 Å². The standard InChI is InChI=1S/C20H29FN2O/c1-23-10-7-20-6-4-3-5-15(20)18(23)12-14-11-17(22-9-8-21)19(24-2)13-16(14)20/h11,13,15,18,22H,3-10,12H2,1-2H3/t15-,18-,20+/m0/s1. The lowest BCUT2D eigenvalue weighted by Crippen LogP contribution is -2.59. The molecule has 1 saturated heterocycles. The van der Waals surface area contributed by atoms with E-state index in [1.54, 1.807) is 7.11 Å². The molecule has 1 aliphatic heterocycles. The van der Waals surface area contributed by atoms with Crippen molar-refractivity contribution in [2.45, 2.75) is 50.0 Å². The van der Waals surface area contributed by atoms with Crippen molar-refractivity contribution < 1.29 is 9.13 Å². The number of nitrogens with one attached hydrogen (secondary N) is 1. The third-order valence-electron chi connectivity index (χ3n) is 6.84. The number of alkyl halides is 1. The Labute approximate surface area is 144 Å². The van der Waals surface area contributed by atoms with E-state index in [0.29, 0.717) is 18.0 Å². The molecule has 1 heterocycles. The summed E-state index contributed by atoms with van der Waals surface area (Å²) in [6.45, 7) is 1.18. The molecule has 1 saturated carbocycles. The predicted octanol–water partition coefficient (Wildman–Crippen LogP) is 3.76. The van der Waals surface area contributed by atoms with Crippen LogP contribution in [0.2, 0.25) is 0 Å². The molecule has 0 radical (unpaired) electrons. The molecule has 1 aromatic carbocycles. The summed E-state index contributed by atoms with van der Waals surface area (Å²) in [5, 5.41) is 3.20. The first-order chi connectivity index (χ1) is 11.7. The molecule has 2 aliphatic carbocycles. The molecular formula is C20H29FN2O. The van der Waals surface area contributed by atoms with Crippen LogP contribution in [-0.2, 0) is 11.8 Å². The average Bonchev–Trinajstić information content (AvgIpc) is 2.62. The molecule has 2 fully saturated rings. The van der Waals surface area contributed by atoms with Crippen molar-refractivity contribution >= 4 is 5.69 Å². The molecule has 0 amide bonds. The predicted molar refractivity (Wildman–Crippen MR) is 95.8 cm³/mol. The molecule has 3 atom stereocenters. The first-order valence-corrected chi connectivity index (χ1v) is 9.41. The van der Waals surface area contributed by atoms with Crippen LogP contribution in [0.3, 0.4) is 0 Å². The maximum Gasteiger partial charge on any atom is 0.142 e. The van der Waals surface area contributed by atoms with E-state index in [1.807, 2.05) is 0 Å². The lowest BCUT2D eigenvalue weighted by Gasteiger charge is -2.58. The molecule has 3 nitrogen and oxygen atoms in total. The molecule has 1 aromatic rings. The van der Waals surface area contributed by atoms with E-state index in [9.17, 15) is 4.39 Å². The maximum absolute atomic E-state index is 12.6. The number of methoxy groups -OCH3 is 1. The summed E-state index contributed by atoms with van der Waals surface area (Å²) in [6, 6.07) is 5.17. The van der Waals surface area contributed by atoms with Gasteiger partial charge in [-0.05, 0) is 68.5 Å². The van der Waals surface area contributed by atoms with Gasteiger partial charge in [0.05, 0.1) is 12.8 Å². The second kappa shape index (κ2) is 6.21. The van der Waals surface area contributed by atoms with Gasteiger partial charge in [0.25, 0.3) is 0 Å². The lowest BCUT2D eigenvalue weighted by atomic mass is 9.52. The fourth-order valence-corrected chi connectivity index (χ4v) is 5.72. The number of fused-ring (bicyclic) bond motifs is 1. The number of ether oxygens (including phenoxy) is 1. The Balaban J connectivity index is 1.81. The zero-order valence-corrected chi connectivity index (χ0v) is 14.9. The molecule has 4 heteroatoms. The second-order valence-electron chi connectivity index (χ2n) is 7.84. The highest BCUT2D eigenvalue weighted by atomic mass is 19.1. The Kier molecular flexibility index (Phi) is 4.19. The van der Waals surface area contributed by atoms with Crippen LogP contribution in [0.5, 0.6) is 5.75 Å². The molecule has 2 bridgehead atoms. The van der Waals surface area contributed by atoms with Gasteiger partial charge in [-0.2, -0.15) is 0 Å². The zero-order valence-electron chi connectivity index (χ0n) is 14.9. The van der Waals surface area contributed by atoms with Crippen molar-refractivity contribution in [1.82, 2.24) is 4.90 Å². The fourth-order valence-electron chi connectivity index (χ4n) is 5.72. The second-order valence-corrected chi connectivity index (χ2v) is 7.84. The van der Waals surface area contributed by atoms with Gasteiger partial charge in [0, 0.05) is 18.0 Å². The summed E-state index contributed by atoms with van der Waals surface area (Å²) >= 11 is 0. The highest BCUT2D eigenvalue weighted by molar-refractivity contribution is 5.62. The maximum atomic E-state index is 12.6. The monoisotopic (exact) mass is 332 g/mol. The number of likely N-dealkylation sites (N-methyl/N-ethyl adjacent to an activating group) is 1. The van der Waals surface area contributed by atoms with E-state index >= 15 is 0 Å². The lowest BCUT2D eigenvalue weighted by molar-refractivity contribution is 0.00277. The first-order valence-electron chi connectivity index (χ1n) is 9.41. The van der Waals surface area contributed by atoms with Gasteiger partial charge in [-0.3, -0.25) is 0 Å². The minimum Gasteiger partial charge on any atom is -0.495 e. The SMILES string of the molecule is COc1cc2c(cc1NCCF)C[C@H]1[C@@H]3CCCC[C@]23CCN1C. The van der Waals surface area contributed by atoms with E-state index in [4.69, 9.17) is 4.74 Å². The number of piperidine rings is 1. The van der Waals surface area contributed by atoms with E-state index < -0.39 is 0 Å². The molecule has 24 heavy (non-hydrogen) atoms. The molecule has 4 rings (SSSR count). The van der Waals surface area contributed by atoms with Crippen LogP contribution in [0.25, 0.3) is 0 Å². The van der Waals surface area contributed by atoms with E-state index in [0.717, 1.165) is 23.8 Å². The summed E-state index contributed by atoms with van der Waals surface area (Å²) in [6.07, 6.45) is 7.77.